The molecule has 0 fully saturated rings. The van der Waals surface area contributed by atoms with Gasteiger partial charge in [0.05, 0.1) is 30.0 Å². The van der Waals surface area contributed by atoms with Crippen molar-refractivity contribution in [1.82, 2.24) is 9.97 Å². The number of nitrogens with zero attached hydrogens (tertiary/aromatic N) is 1. The first kappa shape index (κ1) is 15.2. The lowest BCUT2D eigenvalue weighted by Crippen LogP contribution is -2.05. The fourth-order valence-corrected chi connectivity index (χ4v) is 2.67. The number of aromatic hydroxyl groups is 1. The molecule has 2 aromatic carbocycles. The van der Waals surface area contributed by atoms with E-state index in [-0.39, 0.29) is 11.5 Å². The van der Waals surface area contributed by atoms with Gasteiger partial charge in [0.15, 0.2) is 0 Å². The van der Waals surface area contributed by atoms with E-state index in [2.05, 4.69) is 9.97 Å². The lowest BCUT2D eigenvalue weighted by atomic mass is 10.2. The molecule has 0 atom stereocenters. The number of hydrogen-bond acceptors (Lipinski definition) is 6. The van der Waals surface area contributed by atoms with Gasteiger partial charge in [-0.25, -0.2) is 4.98 Å². The second-order valence-corrected chi connectivity index (χ2v) is 6.51. The Balaban J connectivity index is 2.07. The highest BCUT2D eigenvalue weighted by Gasteiger charge is 2.14. The van der Waals surface area contributed by atoms with Crippen LogP contribution in [0.25, 0.3) is 22.4 Å². The van der Waals surface area contributed by atoms with Crippen LogP contribution in [0.5, 0.6) is 17.2 Å². The van der Waals surface area contributed by atoms with Gasteiger partial charge in [-0.15, -0.1) is 0 Å². The van der Waals surface area contributed by atoms with E-state index in [1.54, 1.807) is 24.3 Å². The van der Waals surface area contributed by atoms with Crippen LogP contribution in [-0.4, -0.2) is 36.9 Å². The Labute approximate surface area is 132 Å². The van der Waals surface area contributed by atoms with Crippen molar-refractivity contribution in [3.8, 4) is 28.6 Å². The van der Waals surface area contributed by atoms with E-state index < -0.39 is 10.1 Å². The number of rotatable bonds is 4. The number of nitrogens with one attached hydrogen (secondary N) is 1. The number of phenolic OH excluding ortho intramolecular Hbond substituents is 1. The number of phenols is 1. The minimum atomic E-state index is -3.61. The number of imidazole rings is 1. The Morgan fingerprint density at radius 1 is 1.17 bits per heavy atom. The maximum absolute atomic E-state index is 11.2. The predicted molar refractivity (Wildman–Crippen MR) is 85.2 cm³/mol. The van der Waals surface area contributed by atoms with Crippen LogP contribution < -0.4 is 8.92 Å². The minimum absolute atomic E-state index is 0.124. The highest BCUT2D eigenvalue weighted by atomic mass is 32.2. The molecule has 0 aliphatic rings. The molecule has 1 heterocycles. The molecule has 0 saturated carbocycles. The van der Waals surface area contributed by atoms with Crippen molar-refractivity contribution in [2.24, 2.45) is 0 Å². The monoisotopic (exact) mass is 334 g/mol. The molecule has 2 N–H and O–H groups in total. The third-order valence-electron chi connectivity index (χ3n) is 3.14. The maximum atomic E-state index is 11.2. The number of aromatic nitrogens is 2. The average molecular weight is 334 g/mol. The van der Waals surface area contributed by atoms with Gasteiger partial charge in [-0.05, 0) is 24.3 Å². The molecule has 23 heavy (non-hydrogen) atoms. The lowest BCUT2D eigenvalue weighted by molar-refractivity contribution is 0.413. The van der Waals surface area contributed by atoms with Gasteiger partial charge in [-0.1, -0.05) is 0 Å². The third kappa shape index (κ3) is 3.21. The second kappa shape index (κ2) is 5.47. The molecule has 0 unspecified atom stereocenters. The van der Waals surface area contributed by atoms with Crippen molar-refractivity contribution in [1.29, 1.82) is 0 Å². The standard InChI is InChI=1S/C15H14N2O5S/c1-21-14-8-10(22-23(2,19)20)4-5-11(14)15-16-12-6-3-9(18)7-13(12)17-15/h3-8,18H,1-2H3,(H,16,17). The van der Waals surface area contributed by atoms with Crippen LogP contribution in [0.15, 0.2) is 36.4 Å². The summed E-state index contributed by atoms with van der Waals surface area (Å²) in [5, 5.41) is 9.50. The fourth-order valence-electron chi connectivity index (χ4n) is 2.22. The predicted octanol–water partition coefficient (Wildman–Crippen LogP) is 2.28. The quantitative estimate of drug-likeness (QED) is 0.710. The number of fused-ring (bicyclic) bond motifs is 1. The van der Waals surface area contributed by atoms with Crippen LogP contribution in [0, 0.1) is 0 Å². The van der Waals surface area contributed by atoms with Gasteiger partial charge in [-0.3, -0.25) is 0 Å². The lowest BCUT2D eigenvalue weighted by Gasteiger charge is -2.09. The number of ether oxygens (including phenoxy) is 1. The molecule has 0 spiro atoms. The van der Waals surface area contributed by atoms with Gasteiger partial charge in [0.1, 0.15) is 23.1 Å². The molecule has 3 aromatic rings. The van der Waals surface area contributed by atoms with Crippen molar-refractivity contribution in [2.75, 3.05) is 13.4 Å². The summed E-state index contributed by atoms with van der Waals surface area (Å²) in [5.74, 6) is 1.23. The summed E-state index contributed by atoms with van der Waals surface area (Å²) < 4.78 is 32.5. The molecule has 8 heteroatoms. The van der Waals surface area contributed by atoms with Crippen molar-refractivity contribution >= 4 is 21.2 Å². The molecule has 3 rings (SSSR count). The van der Waals surface area contributed by atoms with Gasteiger partial charge in [0.25, 0.3) is 0 Å². The minimum Gasteiger partial charge on any atom is -0.508 e. The number of H-pyrrole nitrogens is 1. The summed E-state index contributed by atoms with van der Waals surface area (Å²) in [6.45, 7) is 0. The summed E-state index contributed by atoms with van der Waals surface area (Å²) in [6, 6.07) is 9.46. The van der Waals surface area contributed by atoms with E-state index in [0.717, 1.165) is 11.8 Å². The molecule has 120 valence electrons. The normalized spacial score (nSPS) is 11.6. The highest BCUT2D eigenvalue weighted by Crippen LogP contribution is 2.33. The van der Waals surface area contributed by atoms with E-state index in [0.29, 0.717) is 22.7 Å². The Kier molecular flexibility index (Phi) is 3.61. The second-order valence-electron chi connectivity index (χ2n) is 4.94. The maximum Gasteiger partial charge on any atom is 0.306 e. The topological polar surface area (TPSA) is 102 Å². The fraction of sp³-hybridized carbons (Fsp3) is 0.133. The van der Waals surface area contributed by atoms with Crippen LogP contribution in [0.1, 0.15) is 0 Å². The van der Waals surface area contributed by atoms with Crippen LogP contribution in [0.3, 0.4) is 0 Å². The van der Waals surface area contributed by atoms with Gasteiger partial charge in [0.2, 0.25) is 0 Å². The number of methoxy groups -OCH3 is 1. The van der Waals surface area contributed by atoms with Crippen molar-refractivity contribution in [3.05, 3.63) is 36.4 Å². The number of hydrogen-bond donors (Lipinski definition) is 2. The summed E-state index contributed by atoms with van der Waals surface area (Å²) in [5.41, 5.74) is 2.01. The number of benzene rings is 2. The zero-order valence-corrected chi connectivity index (χ0v) is 13.2. The number of aromatic amines is 1. The molecular weight excluding hydrogens is 320 g/mol. The Hall–Kier alpha value is -2.74. The summed E-state index contributed by atoms with van der Waals surface area (Å²) >= 11 is 0. The van der Waals surface area contributed by atoms with Gasteiger partial charge < -0.3 is 19.0 Å². The largest absolute Gasteiger partial charge is 0.508 e. The molecule has 0 radical (unpaired) electrons. The molecule has 0 aliphatic carbocycles. The average Bonchev–Trinajstić information content (AvgIpc) is 2.88. The molecule has 0 bridgehead atoms. The van der Waals surface area contributed by atoms with E-state index in [4.69, 9.17) is 8.92 Å². The van der Waals surface area contributed by atoms with E-state index in [9.17, 15) is 13.5 Å². The molecule has 0 saturated heterocycles. The molecule has 0 amide bonds. The van der Waals surface area contributed by atoms with Crippen LogP contribution in [-0.2, 0) is 10.1 Å². The zero-order valence-electron chi connectivity index (χ0n) is 12.4. The van der Waals surface area contributed by atoms with E-state index in [1.165, 1.54) is 19.2 Å². The smallest absolute Gasteiger partial charge is 0.306 e. The Bertz CT molecular complexity index is 979. The van der Waals surface area contributed by atoms with Crippen LogP contribution >= 0.6 is 0 Å². The Morgan fingerprint density at radius 2 is 1.96 bits per heavy atom. The first-order chi connectivity index (χ1) is 10.9. The van der Waals surface area contributed by atoms with Gasteiger partial charge in [0, 0.05) is 12.1 Å². The first-order valence-corrected chi connectivity index (χ1v) is 8.44. The van der Waals surface area contributed by atoms with E-state index in [1.807, 2.05) is 0 Å². The van der Waals surface area contributed by atoms with E-state index >= 15 is 0 Å². The van der Waals surface area contributed by atoms with Crippen LogP contribution in [0.4, 0.5) is 0 Å². The zero-order chi connectivity index (χ0) is 16.6. The SMILES string of the molecule is COc1cc(OS(C)(=O)=O)ccc1-c1nc2cc(O)ccc2[nH]1. The summed E-state index contributed by atoms with van der Waals surface area (Å²) in [7, 11) is -2.14. The van der Waals surface area contributed by atoms with Crippen molar-refractivity contribution in [3.63, 3.8) is 0 Å². The van der Waals surface area contributed by atoms with Crippen molar-refractivity contribution in [2.45, 2.75) is 0 Å². The highest BCUT2D eigenvalue weighted by molar-refractivity contribution is 7.86. The summed E-state index contributed by atoms with van der Waals surface area (Å²) in [6.07, 6.45) is 0.971. The Morgan fingerprint density at radius 3 is 2.65 bits per heavy atom. The van der Waals surface area contributed by atoms with Crippen molar-refractivity contribution < 1.29 is 22.4 Å². The first-order valence-electron chi connectivity index (χ1n) is 6.62. The third-order valence-corrected chi connectivity index (χ3v) is 3.64. The molecule has 7 nitrogen and oxygen atoms in total. The molecule has 1 aromatic heterocycles. The molecular formula is C15H14N2O5S. The molecule has 0 aliphatic heterocycles. The van der Waals surface area contributed by atoms with Gasteiger partial charge >= 0.3 is 10.1 Å². The summed E-state index contributed by atoms with van der Waals surface area (Å²) in [4.78, 5) is 7.52. The van der Waals surface area contributed by atoms with Crippen LogP contribution in [0.2, 0.25) is 0 Å². The van der Waals surface area contributed by atoms with Gasteiger partial charge in [-0.2, -0.15) is 8.42 Å².